The van der Waals surface area contributed by atoms with E-state index in [2.05, 4.69) is 56.4 Å². The molecule has 0 bridgehead atoms. The third kappa shape index (κ3) is 3.43. The van der Waals surface area contributed by atoms with Crippen molar-refractivity contribution < 1.29 is 4.39 Å². The number of para-hydroxylation sites is 1. The largest absolute Gasteiger partial charge is 0.354 e. The van der Waals surface area contributed by atoms with E-state index in [0.29, 0.717) is 11.8 Å². The Morgan fingerprint density at radius 1 is 1.12 bits per heavy atom. The summed E-state index contributed by atoms with van der Waals surface area (Å²) >= 11 is 0. The fourth-order valence-corrected chi connectivity index (χ4v) is 3.38. The molecule has 1 N–H and O–H groups in total. The van der Waals surface area contributed by atoms with Gasteiger partial charge in [-0.2, -0.15) is 4.98 Å². The van der Waals surface area contributed by atoms with Gasteiger partial charge in [-0.1, -0.05) is 18.2 Å². The topological polar surface area (TPSA) is 46.0 Å². The normalized spacial score (nSPS) is 14.4. The standard InChI is InChI=1S/C19H22FN5/c20-16-14-22-19(23-18(16)25-10-3-4-11-25)21-9-5-12-24-13-8-15-6-1-2-7-17(15)24/h1-2,6-8,13-14H,3-5,9-12H2,(H,21,22,23). The number of aromatic nitrogens is 3. The van der Waals surface area contributed by atoms with Crippen molar-refractivity contribution in [3.8, 4) is 0 Å². The minimum Gasteiger partial charge on any atom is -0.354 e. The molecule has 0 atom stereocenters. The van der Waals surface area contributed by atoms with E-state index in [1.807, 2.05) is 4.90 Å². The maximum Gasteiger partial charge on any atom is 0.224 e. The fraction of sp³-hybridized carbons (Fsp3) is 0.368. The molecule has 4 rings (SSSR count). The summed E-state index contributed by atoms with van der Waals surface area (Å²) < 4.78 is 16.2. The predicted molar refractivity (Wildman–Crippen MR) is 98.5 cm³/mol. The van der Waals surface area contributed by atoms with Crippen LogP contribution in [0.5, 0.6) is 0 Å². The Morgan fingerprint density at radius 2 is 1.96 bits per heavy atom. The van der Waals surface area contributed by atoms with Crippen molar-refractivity contribution in [1.29, 1.82) is 0 Å². The van der Waals surface area contributed by atoms with E-state index in [0.717, 1.165) is 45.4 Å². The zero-order valence-electron chi connectivity index (χ0n) is 14.2. The molecule has 3 heterocycles. The molecule has 2 aromatic heterocycles. The quantitative estimate of drug-likeness (QED) is 0.696. The number of nitrogens with zero attached hydrogens (tertiary/aromatic N) is 4. The fourth-order valence-electron chi connectivity index (χ4n) is 3.38. The molecule has 1 fully saturated rings. The van der Waals surface area contributed by atoms with E-state index in [-0.39, 0.29) is 5.82 Å². The van der Waals surface area contributed by atoms with E-state index in [9.17, 15) is 4.39 Å². The van der Waals surface area contributed by atoms with Gasteiger partial charge in [-0.05, 0) is 36.8 Å². The summed E-state index contributed by atoms with van der Waals surface area (Å²) in [6, 6.07) is 10.5. The zero-order valence-corrected chi connectivity index (χ0v) is 14.2. The van der Waals surface area contributed by atoms with Crippen LogP contribution in [0.2, 0.25) is 0 Å². The van der Waals surface area contributed by atoms with E-state index in [1.165, 1.54) is 17.1 Å². The minimum atomic E-state index is -0.341. The number of hydrogen-bond donors (Lipinski definition) is 1. The van der Waals surface area contributed by atoms with Crippen LogP contribution < -0.4 is 10.2 Å². The Hall–Kier alpha value is -2.63. The minimum absolute atomic E-state index is 0.341. The van der Waals surface area contributed by atoms with E-state index in [4.69, 9.17) is 0 Å². The van der Waals surface area contributed by atoms with Gasteiger partial charge >= 0.3 is 0 Å². The summed E-state index contributed by atoms with van der Waals surface area (Å²) in [5, 5.41) is 4.47. The SMILES string of the molecule is Fc1cnc(NCCCn2ccc3ccccc32)nc1N1CCCC1. The summed E-state index contributed by atoms with van der Waals surface area (Å²) in [6.45, 7) is 3.40. The van der Waals surface area contributed by atoms with Crippen LogP contribution in [0.1, 0.15) is 19.3 Å². The summed E-state index contributed by atoms with van der Waals surface area (Å²) in [5.41, 5.74) is 1.25. The number of anilines is 2. The first-order valence-corrected chi connectivity index (χ1v) is 8.86. The van der Waals surface area contributed by atoms with Gasteiger partial charge in [0.05, 0.1) is 6.20 Å². The molecule has 0 amide bonds. The van der Waals surface area contributed by atoms with Crippen LogP contribution in [0.15, 0.2) is 42.7 Å². The lowest BCUT2D eigenvalue weighted by Gasteiger charge is -2.17. The lowest BCUT2D eigenvalue weighted by molar-refractivity contribution is 0.608. The molecule has 3 aromatic rings. The third-order valence-corrected chi connectivity index (χ3v) is 4.67. The van der Waals surface area contributed by atoms with Crippen molar-refractivity contribution in [2.75, 3.05) is 29.9 Å². The summed E-state index contributed by atoms with van der Waals surface area (Å²) in [4.78, 5) is 10.4. The number of hydrogen-bond acceptors (Lipinski definition) is 4. The average molecular weight is 339 g/mol. The Bertz CT molecular complexity index is 854. The molecule has 0 saturated carbocycles. The highest BCUT2D eigenvalue weighted by atomic mass is 19.1. The summed E-state index contributed by atoms with van der Waals surface area (Å²) in [5.74, 6) is 0.582. The van der Waals surface area contributed by atoms with Crippen molar-refractivity contribution in [3.63, 3.8) is 0 Å². The summed E-state index contributed by atoms with van der Waals surface area (Å²) in [6.07, 6.45) is 6.51. The molecular formula is C19H22FN5. The molecule has 6 heteroatoms. The molecule has 1 aliphatic rings. The van der Waals surface area contributed by atoms with Gasteiger partial charge in [-0.3, -0.25) is 0 Å². The summed E-state index contributed by atoms with van der Waals surface area (Å²) in [7, 11) is 0. The van der Waals surface area contributed by atoms with Gasteiger partial charge in [0.1, 0.15) is 0 Å². The van der Waals surface area contributed by atoms with Gasteiger partial charge in [-0.15, -0.1) is 0 Å². The smallest absolute Gasteiger partial charge is 0.224 e. The van der Waals surface area contributed by atoms with Crippen LogP contribution in [0.25, 0.3) is 10.9 Å². The number of rotatable bonds is 6. The van der Waals surface area contributed by atoms with E-state index >= 15 is 0 Å². The zero-order chi connectivity index (χ0) is 17.1. The Labute approximate surface area is 146 Å². The highest BCUT2D eigenvalue weighted by Gasteiger charge is 2.18. The molecule has 1 aliphatic heterocycles. The first kappa shape index (κ1) is 15.9. The molecule has 25 heavy (non-hydrogen) atoms. The van der Waals surface area contributed by atoms with Crippen LogP contribution >= 0.6 is 0 Å². The van der Waals surface area contributed by atoms with Crippen LogP contribution in [-0.2, 0) is 6.54 Å². The van der Waals surface area contributed by atoms with Crippen molar-refractivity contribution in [2.45, 2.75) is 25.8 Å². The molecule has 5 nitrogen and oxygen atoms in total. The van der Waals surface area contributed by atoms with Gasteiger partial charge in [0.15, 0.2) is 11.6 Å². The van der Waals surface area contributed by atoms with Gasteiger partial charge < -0.3 is 14.8 Å². The number of benzene rings is 1. The maximum atomic E-state index is 13.9. The molecular weight excluding hydrogens is 317 g/mol. The third-order valence-electron chi connectivity index (χ3n) is 4.67. The number of halogens is 1. The van der Waals surface area contributed by atoms with Crippen LogP contribution in [0.4, 0.5) is 16.2 Å². The molecule has 1 aromatic carbocycles. The number of aryl methyl sites for hydroxylation is 1. The highest BCUT2D eigenvalue weighted by molar-refractivity contribution is 5.79. The van der Waals surface area contributed by atoms with Gasteiger partial charge in [0, 0.05) is 37.9 Å². The molecule has 0 spiro atoms. The van der Waals surface area contributed by atoms with Crippen molar-refractivity contribution >= 4 is 22.7 Å². The second-order valence-corrected chi connectivity index (χ2v) is 6.41. The molecule has 130 valence electrons. The van der Waals surface area contributed by atoms with Gasteiger partial charge in [0.25, 0.3) is 0 Å². The molecule has 0 unspecified atom stereocenters. The molecule has 0 aliphatic carbocycles. The van der Waals surface area contributed by atoms with E-state index < -0.39 is 0 Å². The van der Waals surface area contributed by atoms with Crippen LogP contribution in [-0.4, -0.2) is 34.2 Å². The monoisotopic (exact) mass is 339 g/mol. The van der Waals surface area contributed by atoms with Crippen LogP contribution in [0, 0.1) is 5.82 Å². The first-order valence-electron chi connectivity index (χ1n) is 8.86. The maximum absolute atomic E-state index is 13.9. The average Bonchev–Trinajstić information content (AvgIpc) is 3.30. The number of fused-ring (bicyclic) bond motifs is 1. The lowest BCUT2D eigenvalue weighted by Crippen LogP contribution is -2.21. The van der Waals surface area contributed by atoms with Crippen molar-refractivity contribution in [3.05, 3.63) is 48.5 Å². The second kappa shape index (κ2) is 7.09. The second-order valence-electron chi connectivity index (χ2n) is 6.41. The predicted octanol–water partition coefficient (Wildman–Crippen LogP) is 3.67. The highest BCUT2D eigenvalue weighted by Crippen LogP contribution is 2.22. The van der Waals surface area contributed by atoms with Crippen molar-refractivity contribution in [2.24, 2.45) is 0 Å². The Kier molecular flexibility index (Phi) is 4.50. The molecule has 1 saturated heterocycles. The Morgan fingerprint density at radius 3 is 2.84 bits per heavy atom. The van der Waals surface area contributed by atoms with Crippen LogP contribution in [0.3, 0.4) is 0 Å². The lowest BCUT2D eigenvalue weighted by atomic mass is 10.2. The first-order chi connectivity index (χ1) is 12.3. The van der Waals surface area contributed by atoms with E-state index in [1.54, 1.807) is 0 Å². The van der Waals surface area contributed by atoms with Gasteiger partial charge in [0.2, 0.25) is 5.95 Å². The number of nitrogens with one attached hydrogen (secondary N) is 1. The van der Waals surface area contributed by atoms with Gasteiger partial charge in [-0.25, -0.2) is 9.37 Å². The Balaban J connectivity index is 1.35. The van der Waals surface area contributed by atoms with Crippen molar-refractivity contribution in [1.82, 2.24) is 14.5 Å². The molecule has 0 radical (unpaired) electrons.